The highest BCUT2D eigenvalue weighted by Crippen LogP contribution is 2.36. The van der Waals surface area contributed by atoms with Crippen LogP contribution in [0, 0.1) is 5.82 Å². The molecule has 1 amide bonds. The number of carbonyl (C=O) groups is 1. The van der Waals surface area contributed by atoms with E-state index in [-0.39, 0.29) is 6.04 Å². The van der Waals surface area contributed by atoms with Crippen LogP contribution in [0.1, 0.15) is 24.5 Å². The fourth-order valence-corrected chi connectivity index (χ4v) is 3.18. The van der Waals surface area contributed by atoms with Crippen molar-refractivity contribution in [1.82, 2.24) is 4.90 Å². The average Bonchev–Trinajstić information content (AvgIpc) is 2.73. The van der Waals surface area contributed by atoms with Crippen LogP contribution in [0.3, 0.4) is 0 Å². The molecule has 114 valence electrons. The number of benzene rings is 1. The molecule has 3 rings (SSSR count). The van der Waals surface area contributed by atoms with Crippen LogP contribution in [0.15, 0.2) is 12.1 Å². The number of hydrogen-bond acceptors (Lipinski definition) is 4. The quantitative estimate of drug-likeness (QED) is 0.864. The zero-order valence-corrected chi connectivity index (χ0v) is 12.3. The van der Waals surface area contributed by atoms with Gasteiger partial charge in [0, 0.05) is 30.9 Å². The van der Waals surface area contributed by atoms with Crippen molar-refractivity contribution in [1.29, 1.82) is 0 Å². The van der Waals surface area contributed by atoms with Gasteiger partial charge in [-0.15, -0.1) is 0 Å². The number of rotatable bonds is 2. The van der Waals surface area contributed by atoms with Gasteiger partial charge in [-0.25, -0.2) is 4.39 Å². The first-order valence-corrected chi connectivity index (χ1v) is 7.21. The Bertz CT molecular complexity index is 578. The number of nitrogens with one attached hydrogen (secondary N) is 1. The first-order valence-electron chi connectivity index (χ1n) is 7.21. The predicted molar refractivity (Wildman–Crippen MR) is 78.9 cm³/mol. The van der Waals surface area contributed by atoms with Crippen LogP contribution in [-0.2, 0) is 4.79 Å². The second kappa shape index (κ2) is 5.27. The minimum Gasteiger partial charge on any atom is -0.378 e. The van der Waals surface area contributed by atoms with E-state index < -0.39 is 17.8 Å². The number of nitrogens with zero attached hydrogens (tertiary/aromatic N) is 2. The summed E-state index contributed by atoms with van der Waals surface area (Å²) < 4.78 is 14.3. The van der Waals surface area contributed by atoms with Gasteiger partial charge in [-0.3, -0.25) is 4.79 Å². The van der Waals surface area contributed by atoms with Crippen molar-refractivity contribution < 1.29 is 14.3 Å². The Kier molecular flexibility index (Phi) is 3.59. The molecular weight excluding hydrogens is 273 g/mol. The molecule has 0 spiro atoms. The number of carbonyl (C=O) groups excluding carboxylic acids is 1. The number of amides is 1. The monoisotopic (exact) mass is 293 g/mol. The Balaban J connectivity index is 1.89. The molecule has 1 aromatic rings. The van der Waals surface area contributed by atoms with E-state index in [1.54, 1.807) is 6.07 Å². The lowest BCUT2D eigenvalue weighted by Gasteiger charge is -2.37. The van der Waals surface area contributed by atoms with Crippen LogP contribution >= 0.6 is 0 Å². The molecule has 0 bridgehead atoms. The zero-order chi connectivity index (χ0) is 15.1. The zero-order valence-electron chi connectivity index (χ0n) is 12.3. The minimum absolute atomic E-state index is 0.248. The number of anilines is 2. The summed E-state index contributed by atoms with van der Waals surface area (Å²) in [6, 6.07) is 3.13. The lowest BCUT2D eigenvalue weighted by molar-refractivity contribution is -0.123. The highest BCUT2D eigenvalue weighted by molar-refractivity contribution is 6.02. The number of hydrogen-bond donors (Lipinski definition) is 2. The summed E-state index contributed by atoms with van der Waals surface area (Å²) >= 11 is 0. The van der Waals surface area contributed by atoms with Crippen molar-refractivity contribution >= 4 is 17.3 Å². The van der Waals surface area contributed by atoms with Crippen molar-refractivity contribution in [2.75, 3.05) is 37.4 Å². The second-order valence-corrected chi connectivity index (χ2v) is 5.95. The lowest BCUT2D eigenvalue weighted by Crippen LogP contribution is -2.45. The van der Waals surface area contributed by atoms with Crippen LogP contribution in [0.4, 0.5) is 15.8 Å². The maximum atomic E-state index is 14.3. The number of fused-ring (bicyclic) bond motifs is 1. The van der Waals surface area contributed by atoms with E-state index in [4.69, 9.17) is 0 Å². The molecule has 2 aliphatic heterocycles. The number of halogens is 1. The van der Waals surface area contributed by atoms with E-state index in [1.165, 1.54) is 6.07 Å². The number of likely N-dealkylation sites (N-methyl/N-ethyl adjacent to an activating group) is 2. The molecule has 1 fully saturated rings. The van der Waals surface area contributed by atoms with Gasteiger partial charge in [0.2, 0.25) is 0 Å². The molecule has 2 aliphatic rings. The van der Waals surface area contributed by atoms with Crippen LogP contribution in [0.25, 0.3) is 0 Å². The van der Waals surface area contributed by atoms with Crippen LogP contribution in [0.5, 0.6) is 0 Å². The van der Waals surface area contributed by atoms with Crippen molar-refractivity contribution in [3.8, 4) is 0 Å². The molecule has 2 N–H and O–H groups in total. The Hall–Kier alpha value is -1.66. The molecule has 2 atom stereocenters. The Morgan fingerprint density at radius 3 is 2.95 bits per heavy atom. The first-order chi connectivity index (χ1) is 9.97. The topological polar surface area (TPSA) is 55.8 Å². The van der Waals surface area contributed by atoms with Gasteiger partial charge in [-0.05, 0) is 38.6 Å². The molecule has 6 heteroatoms. The summed E-state index contributed by atoms with van der Waals surface area (Å²) in [7, 11) is 3.94. The van der Waals surface area contributed by atoms with Gasteiger partial charge in [0.15, 0.2) is 6.10 Å². The fourth-order valence-electron chi connectivity index (χ4n) is 3.18. The summed E-state index contributed by atoms with van der Waals surface area (Å²) in [6.45, 7) is 1.96. The standard InChI is InChI=1S/C15H20FN3O2/c1-18-5-3-4-9(8-18)19(2)13-7-12-10(6-11(13)16)14(20)15(21)17-12/h6-7,9,14,20H,3-5,8H2,1-2H3,(H,17,21). The molecule has 1 saturated heterocycles. The molecule has 0 saturated carbocycles. The van der Waals surface area contributed by atoms with Gasteiger partial charge in [0.25, 0.3) is 5.91 Å². The van der Waals surface area contributed by atoms with E-state index in [9.17, 15) is 14.3 Å². The highest BCUT2D eigenvalue weighted by Gasteiger charge is 2.31. The summed E-state index contributed by atoms with van der Waals surface area (Å²) in [6.07, 6.45) is 0.842. The minimum atomic E-state index is -1.27. The van der Waals surface area contributed by atoms with Crippen molar-refractivity contribution in [2.45, 2.75) is 25.0 Å². The average molecular weight is 293 g/mol. The van der Waals surface area contributed by atoms with Crippen LogP contribution in [-0.4, -0.2) is 49.1 Å². The third-order valence-electron chi connectivity index (χ3n) is 4.45. The van der Waals surface area contributed by atoms with Gasteiger partial charge >= 0.3 is 0 Å². The molecule has 0 aliphatic carbocycles. The molecule has 0 aromatic heterocycles. The predicted octanol–water partition coefficient (Wildman–Crippen LogP) is 1.34. The molecule has 1 aromatic carbocycles. The Morgan fingerprint density at radius 2 is 2.24 bits per heavy atom. The van der Waals surface area contributed by atoms with E-state index in [2.05, 4.69) is 17.3 Å². The van der Waals surface area contributed by atoms with Gasteiger partial charge in [-0.1, -0.05) is 0 Å². The maximum Gasteiger partial charge on any atom is 0.257 e. The van der Waals surface area contributed by atoms with E-state index in [0.717, 1.165) is 25.9 Å². The molecular formula is C15H20FN3O2. The highest BCUT2D eigenvalue weighted by atomic mass is 19.1. The van der Waals surface area contributed by atoms with Gasteiger partial charge in [0.1, 0.15) is 5.82 Å². The Labute approximate surface area is 123 Å². The van der Waals surface area contributed by atoms with Gasteiger partial charge < -0.3 is 20.2 Å². The van der Waals surface area contributed by atoms with Gasteiger partial charge in [0.05, 0.1) is 5.69 Å². The summed E-state index contributed by atoms with van der Waals surface area (Å²) in [4.78, 5) is 15.6. The lowest BCUT2D eigenvalue weighted by atomic mass is 10.0. The number of aliphatic hydroxyl groups excluding tert-OH is 1. The van der Waals surface area contributed by atoms with Crippen molar-refractivity contribution in [3.63, 3.8) is 0 Å². The Morgan fingerprint density at radius 1 is 1.48 bits per heavy atom. The van der Waals surface area contributed by atoms with Crippen LogP contribution in [0.2, 0.25) is 0 Å². The smallest absolute Gasteiger partial charge is 0.257 e. The molecule has 5 nitrogen and oxygen atoms in total. The molecule has 21 heavy (non-hydrogen) atoms. The van der Waals surface area contributed by atoms with Gasteiger partial charge in [-0.2, -0.15) is 0 Å². The number of aliphatic hydroxyl groups is 1. The SMILES string of the molecule is CN1CCCC(N(C)c2cc3c(cc2F)C(O)C(=O)N3)C1. The van der Waals surface area contributed by atoms with E-state index in [0.29, 0.717) is 16.9 Å². The number of piperidine rings is 1. The fraction of sp³-hybridized carbons (Fsp3) is 0.533. The number of likely N-dealkylation sites (tertiary alicyclic amines) is 1. The van der Waals surface area contributed by atoms with E-state index in [1.807, 2.05) is 11.9 Å². The molecule has 0 radical (unpaired) electrons. The molecule has 2 heterocycles. The summed E-state index contributed by atoms with van der Waals surface area (Å²) in [5, 5.41) is 12.3. The van der Waals surface area contributed by atoms with Crippen molar-refractivity contribution in [3.05, 3.63) is 23.5 Å². The summed E-state index contributed by atoms with van der Waals surface area (Å²) in [5.41, 5.74) is 1.28. The second-order valence-electron chi connectivity index (χ2n) is 5.95. The van der Waals surface area contributed by atoms with E-state index >= 15 is 0 Å². The largest absolute Gasteiger partial charge is 0.378 e. The van der Waals surface area contributed by atoms with Crippen molar-refractivity contribution in [2.24, 2.45) is 0 Å². The third kappa shape index (κ3) is 2.49. The third-order valence-corrected chi connectivity index (χ3v) is 4.45. The first kappa shape index (κ1) is 14.3. The molecule has 2 unspecified atom stereocenters. The summed E-state index contributed by atoms with van der Waals surface area (Å²) in [5.74, 6) is -0.901. The maximum absolute atomic E-state index is 14.3. The normalized spacial score (nSPS) is 25.6. The van der Waals surface area contributed by atoms with Crippen LogP contribution < -0.4 is 10.2 Å².